The number of hydrogen-bond donors (Lipinski definition) is 3. The second kappa shape index (κ2) is 25.0. The Morgan fingerprint density at radius 1 is 1.06 bits per heavy atom. The number of ether oxygens (including phenoxy) is 1. The maximum atomic E-state index is 12.9. The van der Waals surface area contributed by atoms with Crippen LogP contribution in [0.3, 0.4) is 0 Å². The van der Waals surface area contributed by atoms with Gasteiger partial charge in [-0.05, 0) is 108 Å². The van der Waals surface area contributed by atoms with Crippen molar-refractivity contribution in [2.24, 2.45) is 20.5 Å². The van der Waals surface area contributed by atoms with Crippen LogP contribution in [0.5, 0.6) is 0 Å². The molecular weight excluding hydrogens is 894 g/mol. The summed E-state index contributed by atoms with van der Waals surface area (Å²) >= 11 is 0. The van der Waals surface area contributed by atoms with Gasteiger partial charge in [-0.1, -0.05) is 17.9 Å². The Balaban J connectivity index is 1.10. The first-order valence-electron chi connectivity index (χ1n) is 22.1. The molecule has 3 aromatic carbocycles. The molecule has 3 N–H and O–H groups in total. The second-order valence-electron chi connectivity index (χ2n) is 16.6. The molecule has 1 fully saturated rings. The van der Waals surface area contributed by atoms with Crippen molar-refractivity contribution in [1.82, 2.24) is 19.5 Å². The van der Waals surface area contributed by atoms with Crippen molar-refractivity contribution in [3.8, 4) is 17.9 Å². The Morgan fingerprint density at radius 3 is 2.44 bits per heavy atom. The minimum Gasteiger partial charge on any atom is -0.392 e. The minimum absolute atomic E-state index is 0.0108. The Kier molecular flexibility index (Phi) is 19.3. The smallest absolute Gasteiger partial charge is 0.330 e. The molecule has 0 saturated carbocycles. The molecule has 0 radical (unpaired) electrons. The number of nitro benzene ring substituents is 1. The molecule has 68 heavy (non-hydrogen) atoms. The zero-order valence-corrected chi connectivity index (χ0v) is 40.4. The van der Waals surface area contributed by atoms with Crippen LogP contribution in [0.4, 0.5) is 34.1 Å². The van der Waals surface area contributed by atoms with E-state index in [1.807, 2.05) is 58.7 Å². The standard InChI is InChI=1S/C47H58N11O9P/c1-30(2)57(31(3)4)68(65-23-11-20-48)67-43-27-45(66-34(43)7)56-28-35(46(61)50-47(56)62)12-9-21-49-44(60)13-10-22-55(8)38-17-15-37(16-18-38)51-54-41-25-33(6)40(26-36(41)29-59)53-52-39-19-14-32(5)24-42(39)58(63)64/h14-19,24-26,28,30-31,34,43,45,59H,10-11,13,21-23,27,29H2,1-8H3,(H,49,60)(H,50,61,62)/b53-52+,54-51-. The number of aromatic nitrogens is 2. The zero-order chi connectivity index (χ0) is 49.5. The van der Waals surface area contributed by atoms with Gasteiger partial charge in [-0.3, -0.25) is 29.3 Å². The molecule has 1 aromatic heterocycles. The van der Waals surface area contributed by atoms with Gasteiger partial charge < -0.3 is 29.1 Å². The number of aryl methyl sites for hydroxylation is 2. The van der Waals surface area contributed by atoms with Gasteiger partial charge in [-0.15, -0.1) is 5.11 Å². The topological polar surface area (TPSA) is 255 Å². The van der Waals surface area contributed by atoms with Crippen LogP contribution in [0.15, 0.2) is 90.8 Å². The van der Waals surface area contributed by atoms with Gasteiger partial charge in [0.25, 0.3) is 19.8 Å². The van der Waals surface area contributed by atoms with Gasteiger partial charge in [0, 0.05) is 62.0 Å². The average Bonchev–Trinajstić information content (AvgIpc) is 3.66. The summed E-state index contributed by atoms with van der Waals surface area (Å²) in [4.78, 5) is 53.6. The van der Waals surface area contributed by atoms with Crippen LogP contribution in [0, 0.1) is 47.1 Å². The molecule has 21 heteroatoms. The van der Waals surface area contributed by atoms with E-state index in [1.165, 1.54) is 22.9 Å². The highest BCUT2D eigenvalue weighted by molar-refractivity contribution is 7.44. The first-order chi connectivity index (χ1) is 32.5. The summed E-state index contributed by atoms with van der Waals surface area (Å²) in [5, 5.41) is 50.4. The van der Waals surface area contributed by atoms with E-state index in [9.17, 15) is 29.6 Å². The van der Waals surface area contributed by atoms with E-state index in [2.05, 4.69) is 53.3 Å². The van der Waals surface area contributed by atoms with Crippen LogP contribution in [-0.4, -0.2) is 81.2 Å². The normalized spacial score (nSPS) is 16.4. The lowest BCUT2D eigenvalue weighted by Gasteiger charge is -2.37. The number of nitriles is 1. The highest BCUT2D eigenvalue weighted by Crippen LogP contribution is 2.50. The molecule has 1 amide bonds. The molecule has 1 aliphatic rings. The quantitative estimate of drug-likeness (QED) is 0.0177. The Labute approximate surface area is 396 Å². The van der Waals surface area contributed by atoms with Gasteiger partial charge in [0.15, 0.2) is 5.69 Å². The fourth-order valence-corrected chi connectivity index (χ4v) is 8.97. The van der Waals surface area contributed by atoms with Crippen molar-refractivity contribution < 1.29 is 28.6 Å². The number of rotatable bonds is 21. The molecule has 1 aliphatic heterocycles. The van der Waals surface area contributed by atoms with Crippen molar-refractivity contribution >= 4 is 48.6 Å². The minimum atomic E-state index is -1.54. The van der Waals surface area contributed by atoms with E-state index in [0.29, 0.717) is 47.6 Å². The van der Waals surface area contributed by atoms with Gasteiger partial charge in [-0.25, -0.2) is 9.46 Å². The van der Waals surface area contributed by atoms with E-state index in [0.717, 1.165) is 11.3 Å². The number of H-pyrrole nitrogens is 1. The lowest BCUT2D eigenvalue weighted by molar-refractivity contribution is -0.384. The van der Waals surface area contributed by atoms with Gasteiger partial charge in [0.1, 0.15) is 11.8 Å². The first-order valence-corrected chi connectivity index (χ1v) is 23.3. The van der Waals surface area contributed by atoms with Crippen molar-refractivity contribution in [3.63, 3.8) is 0 Å². The Bertz CT molecular complexity index is 2680. The highest BCUT2D eigenvalue weighted by atomic mass is 31.2. The van der Waals surface area contributed by atoms with Gasteiger partial charge in [0.2, 0.25) is 5.91 Å². The lowest BCUT2D eigenvalue weighted by Crippen LogP contribution is -2.35. The van der Waals surface area contributed by atoms with E-state index in [-0.39, 0.29) is 67.5 Å². The van der Waals surface area contributed by atoms with Crippen LogP contribution in [0.1, 0.15) is 88.8 Å². The van der Waals surface area contributed by atoms with Crippen molar-refractivity contribution in [2.45, 2.75) is 111 Å². The number of azo groups is 2. The number of benzene rings is 3. The number of anilines is 1. The van der Waals surface area contributed by atoms with Crippen LogP contribution in [0.25, 0.3) is 0 Å². The molecule has 5 rings (SSSR count). The summed E-state index contributed by atoms with van der Waals surface area (Å²) < 4.78 is 22.1. The number of nitrogens with zero attached hydrogens (tertiary/aromatic N) is 9. The Morgan fingerprint density at radius 2 is 1.76 bits per heavy atom. The number of aromatic amines is 1. The SMILES string of the molecule is Cc1ccc(/N=N/c2cc(CO)c(/N=N\c3ccc(N(C)CCCC(=O)NCC#Cc4cn(C5CC(OP(OCCC#N)N(C(C)C)C(C)C)C(C)O5)c(=O)[nH]c4=O)cc3)cc2C)c([N+](=O)[O-])c1. The predicted molar refractivity (Wildman–Crippen MR) is 258 cm³/mol. The van der Waals surface area contributed by atoms with Gasteiger partial charge in [0.05, 0.1) is 66.4 Å². The number of aliphatic hydroxyl groups excluding tert-OH is 1. The van der Waals surface area contributed by atoms with Crippen molar-refractivity contribution in [2.75, 3.05) is 31.6 Å². The van der Waals surface area contributed by atoms with Crippen molar-refractivity contribution in [1.29, 1.82) is 5.26 Å². The molecule has 360 valence electrons. The second-order valence-corrected chi connectivity index (χ2v) is 18.0. The van der Waals surface area contributed by atoms with E-state index < -0.39 is 43.1 Å². The summed E-state index contributed by atoms with van der Waals surface area (Å²) in [5.74, 6) is 5.35. The number of carbonyl (C=O) groups is 1. The predicted octanol–water partition coefficient (Wildman–Crippen LogP) is 8.74. The van der Waals surface area contributed by atoms with E-state index in [4.69, 9.17) is 19.0 Å². The largest absolute Gasteiger partial charge is 0.392 e. The number of nitrogens with one attached hydrogen (secondary N) is 2. The van der Waals surface area contributed by atoms with Crippen molar-refractivity contribution in [3.05, 3.63) is 114 Å². The monoisotopic (exact) mass is 951 g/mol. The van der Waals surface area contributed by atoms with Crippen LogP contribution in [0.2, 0.25) is 0 Å². The molecule has 0 aliphatic carbocycles. The summed E-state index contributed by atoms with van der Waals surface area (Å²) in [6, 6.07) is 17.7. The number of aliphatic hydroxyl groups is 1. The third-order valence-corrected chi connectivity index (χ3v) is 12.9. The summed E-state index contributed by atoms with van der Waals surface area (Å²) in [5.41, 5.74) is 2.89. The molecule has 2 heterocycles. The lowest BCUT2D eigenvalue weighted by atomic mass is 10.1. The maximum absolute atomic E-state index is 12.9. The summed E-state index contributed by atoms with van der Waals surface area (Å²) in [6.07, 6.45) is 1.10. The molecule has 0 spiro atoms. The summed E-state index contributed by atoms with van der Waals surface area (Å²) in [7, 11) is 0.369. The fraction of sp³-hybridized carbons (Fsp3) is 0.447. The number of nitro groups is 1. The number of hydrogen-bond acceptors (Lipinski definition) is 16. The molecule has 4 aromatic rings. The summed E-state index contributed by atoms with van der Waals surface area (Å²) in [6.45, 7) is 14.0. The zero-order valence-electron chi connectivity index (χ0n) is 39.5. The number of amides is 1. The Hall–Kier alpha value is -6.51. The molecule has 4 unspecified atom stereocenters. The molecule has 0 bridgehead atoms. The van der Waals surface area contributed by atoms with Crippen LogP contribution >= 0.6 is 8.53 Å². The molecular formula is C47H58N11O9P. The molecule has 4 atom stereocenters. The third kappa shape index (κ3) is 14.5. The maximum Gasteiger partial charge on any atom is 0.330 e. The van der Waals surface area contributed by atoms with Gasteiger partial charge >= 0.3 is 5.69 Å². The first kappa shape index (κ1) is 52.5. The van der Waals surface area contributed by atoms with E-state index >= 15 is 0 Å². The molecule has 20 nitrogen and oxygen atoms in total. The highest BCUT2D eigenvalue weighted by Gasteiger charge is 2.39. The van der Waals surface area contributed by atoms with E-state index in [1.54, 1.807) is 44.2 Å². The number of carbonyl (C=O) groups excluding carboxylic acids is 1. The van der Waals surface area contributed by atoms with Crippen LogP contribution < -0.4 is 21.5 Å². The average molecular weight is 952 g/mol. The van der Waals surface area contributed by atoms with Crippen LogP contribution in [-0.2, 0) is 25.2 Å². The third-order valence-electron chi connectivity index (χ3n) is 10.7. The molecule has 1 saturated heterocycles. The van der Waals surface area contributed by atoms with Gasteiger partial charge in [-0.2, -0.15) is 20.6 Å². The fourth-order valence-electron chi connectivity index (χ4n) is 7.17.